The van der Waals surface area contributed by atoms with Crippen LogP contribution in [-0.4, -0.2) is 17.1 Å². The van der Waals surface area contributed by atoms with E-state index < -0.39 is 7.92 Å². The van der Waals surface area contributed by atoms with E-state index >= 15 is 0 Å². The van der Waals surface area contributed by atoms with Crippen molar-refractivity contribution in [1.29, 1.82) is 0 Å². The van der Waals surface area contributed by atoms with Gasteiger partial charge in [0.2, 0.25) is 0 Å². The van der Waals surface area contributed by atoms with Gasteiger partial charge in [-0.2, -0.15) is 0 Å². The molecule has 0 amide bonds. The van der Waals surface area contributed by atoms with Gasteiger partial charge < -0.3 is 0 Å². The molecule has 1 nitrogen and oxygen atoms in total. The molecule has 0 radical (unpaired) electrons. The number of carbonyl (C=O) groups excluding carboxylic acids is 1. The topological polar surface area (TPSA) is 17.1 Å². The van der Waals surface area contributed by atoms with Crippen molar-refractivity contribution in [3.63, 3.8) is 0 Å². The first-order chi connectivity index (χ1) is 26.9. The van der Waals surface area contributed by atoms with Crippen molar-refractivity contribution < 1.29 is 4.79 Å². The maximum Gasteiger partial charge on any atom is 0.134 e. The molecule has 0 spiro atoms. The summed E-state index contributed by atoms with van der Waals surface area (Å²) in [7, 11) is -0.693. The zero-order chi connectivity index (χ0) is 37.9. The second kappa shape index (κ2) is 17.1. The number of aryl methyl sites for hydroxylation is 4. The highest BCUT2D eigenvalue weighted by Crippen LogP contribution is 2.62. The van der Waals surface area contributed by atoms with Crippen molar-refractivity contribution in [2.24, 2.45) is 11.8 Å². The predicted octanol–water partition coefficient (Wildman–Crippen LogP) is 13.6. The third-order valence-corrected chi connectivity index (χ3v) is 17.6. The second-order valence-electron chi connectivity index (χ2n) is 17.4. The lowest BCUT2D eigenvalue weighted by Gasteiger charge is -2.49. The summed E-state index contributed by atoms with van der Waals surface area (Å²) in [4.78, 5) is 14.3. The molecular formula is C53H61OP. The number of carbonyl (C=O) groups is 1. The van der Waals surface area contributed by atoms with Crippen LogP contribution in [0.3, 0.4) is 0 Å². The summed E-state index contributed by atoms with van der Waals surface area (Å²) >= 11 is 0. The molecule has 3 aliphatic rings. The molecule has 1 aliphatic heterocycles. The minimum absolute atomic E-state index is 0.103. The van der Waals surface area contributed by atoms with E-state index in [1.807, 2.05) is 0 Å². The molecule has 4 unspecified atom stereocenters. The van der Waals surface area contributed by atoms with E-state index in [9.17, 15) is 4.79 Å². The summed E-state index contributed by atoms with van der Waals surface area (Å²) in [6, 6.07) is 44.0. The minimum atomic E-state index is -0.693. The lowest BCUT2D eigenvalue weighted by Crippen LogP contribution is -2.42. The van der Waals surface area contributed by atoms with Crippen LogP contribution in [0.5, 0.6) is 0 Å². The number of benzene rings is 5. The van der Waals surface area contributed by atoms with E-state index in [2.05, 4.69) is 143 Å². The van der Waals surface area contributed by atoms with Gasteiger partial charge >= 0.3 is 0 Å². The van der Waals surface area contributed by atoms with Crippen molar-refractivity contribution in [3.8, 4) is 0 Å². The maximum atomic E-state index is 14.3. The summed E-state index contributed by atoms with van der Waals surface area (Å²) < 4.78 is 0. The normalized spacial score (nSPS) is 22.3. The Bertz CT molecular complexity index is 1890. The van der Waals surface area contributed by atoms with Crippen molar-refractivity contribution in [2.75, 3.05) is 0 Å². The fourth-order valence-corrected chi connectivity index (χ4v) is 15.8. The Morgan fingerprint density at radius 3 is 1.20 bits per heavy atom. The Balaban J connectivity index is 1.49. The first-order valence-electron chi connectivity index (χ1n) is 21.6. The zero-order valence-corrected chi connectivity index (χ0v) is 34.7. The summed E-state index contributed by atoms with van der Waals surface area (Å²) in [5.74, 6) is 2.01. The van der Waals surface area contributed by atoms with E-state index in [1.165, 1.54) is 120 Å². The van der Waals surface area contributed by atoms with Crippen LogP contribution in [0.25, 0.3) is 0 Å². The average Bonchev–Trinajstić information content (AvgIpc) is 3.22. The molecule has 5 aromatic carbocycles. The minimum Gasteiger partial charge on any atom is -0.300 e. The van der Waals surface area contributed by atoms with Gasteiger partial charge in [-0.3, -0.25) is 4.79 Å². The fourth-order valence-electron chi connectivity index (χ4n) is 11.4. The van der Waals surface area contributed by atoms with E-state index in [1.54, 1.807) is 5.30 Å². The van der Waals surface area contributed by atoms with Crippen LogP contribution in [0.1, 0.15) is 145 Å². The molecule has 0 aromatic heterocycles. The Labute approximate surface area is 333 Å². The number of hydrogen-bond acceptors (Lipinski definition) is 1. The number of Topliss-reactive ketones (excluding diaryl/α,β-unsaturated/α-hetero) is 1. The molecule has 8 rings (SSSR count). The second-order valence-corrected chi connectivity index (χ2v) is 20.0. The lowest BCUT2D eigenvalue weighted by molar-refractivity contribution is -0.120. The van der Waals surface area contributed by atoms with Gasteiger partial charge in [0, 0.05) is 24.7 Å². The van der Waals surface area contributed by atoms with Gasteiger partial charge in [-0.15, -0.1) is 0 Å². The van der Waals surface area contributed by atoms with Crippen LogP contribution in [0.2, 0.25) is 0 Å². The fraction of sp³-hybridized carbons (Fsp3) is 0.415. The van der Waals surface area contributed by atoms with E-state index in [4.69, 9.17) is 0 Å². The summed E-state index contributed by atoms with van der Waals surface area (Å²) in [5, 5.41) is 1.64. The third-order valence-electron chi connectivity index (χ3n) is 13.9. The van der Waals surface area contributed by atoms with Crippen LogP contribution in [0, 0.1) is 39.5 Å². The Kier molecular flexibility index (Phi) is 11.9. The molecule has 1 heterocycles. The monoisotopic (exact) mass is 744 g/mol. The molecule has 2 heteroatoms. The molecule has 2 saturated carbocycles. The van der Waals surface area contributed by atoms with Gasteiger partial charge in [0.15, 0.2) is 0 Å². The summed E-state index contributed by atoms with van der Waals surface area (Å²) in [6.07, 6.45) is 14.6. The van der Waals surface area contributed by atoms with Gasteiger partial charge in [-0.25, -0.2) is 0 Å². The number of hydrogen-bond donors (Lipinski definition) is 0. The molecule has 0 N–H and O–H groups in total. The molecule has 3 fully saturated rings. The molecule has 2 aliphatic carbocycles. The number of rotatable bonds is 9. The maximum absolute atomic E-state index is 14.3. The van der Waals surface area contributed by atoms with Gasteiger partial charge in [0.05, 0.1) is 0 Å². The highest BCUT2D eigenvalue weighted by Gasteiger charge is 2.47. The van der Waals surface area contributed by atoms with Crippen LogP contribution in [0.4, 0.5) is 0 Å². The largest absolute Gasteiger partial charge is 0.300 e. The van der Waals surface area contributed by atoms with Gasteiger partial charge in [-0.05, 0) is 137 Å². The number of ketones is 1. The highest BCUT2D eigenvalue weighted by atomic mass is 31.1. The van der Waals surface area contributed by atoms with E-state index in [0.29, 0.717) is 28.9 Å². The smallest absolute Gasteiger partial charge is 0.134 e. The summed E-state index contributed by atoms with van der Waals surface area (Å²) in [5.41, 5.74) is 14.9. The van der Waals surface area contributed by atoms with Crippen molar-refractivity contribution >= 4 is 19.0 Å². The van der Waals surface area contributed by atoms with Crippen molar-refractivity contribution in [1.82, 2.24) is 0 Å². The van der Waals surface area contributed by atoms with Gasteiger partial charge in [-0.1, -0.05) is 162 Å². The van der Waals surface area contributed by atoms with Gasteiger partial charge in [0.25, 0.3) is 0 Å². The molecular weight excluding hydrogens is 684 g/mol. The van der Waals surface area contributed by atoms with E-state index in [-0.39, 0.29) is 11.8 Å². The van der Waals surface area contributed by atoms with E-state index in [0.717, 1.165) is 12.8 Å². The van der Waals surface area contributed by atoms with Crippen LogP contribution in [-0.2, 0) is 4.79 Å². The quantitative estimate of drug-likeness (QED) is 0.108. The third kappa shape index (κ3) is 7.81. The molecule has 55 heavy (non-hydrogen) atoms. The van der Waals surface area contributed by atoms with Gasteiger partial charge in [0.1, 0.15) is 5.78 Å². The van der Waals surface area contributed by atoms with Crippen LogP contribution in [0.15, 0.2) is 115 Å². The molecule has 1 saturated heterocycles. The standard InChI is InChI=1S/C53H61OP/c1-36-20-17-21-37(2)49(36)51(42-28-13-7-14-29-42)45-32-19-33-46(52(43-30-15-8-16-31-43)50-38(3)22-18-23-39(50)4)53(45)55-47(40-24-9-5-10-25-40)34-44(54)35-48(55)41-26-11-6-12-27-41/h7-8,13-23,28-33,40-41,47-48,51-52H,5-6,9-12,24-27,34-35H2,1-4H3. The SMILES string of the molecule is Cc1cccc(C)c1C(c1ccccc1)c1cccc(C(c2ccccc2)c2c(C)cccc2C)c1P1C(C2CCCCC2)CC(=O)CC1C1CCCCC1. The lowest BCUT2D eigenvalue weighted by atomic mass is 9.77. The molecule has 4 atom stereocenters. The first kappa shape index (κ1) is 38.1. The zero-order valence-electron chi connectivity index (χ0n) is 33.8. The Morgan fingerprint density at radius 1 is 0.455 bits per heavy atom. The van der Waals surface area contributed by atoms with Crippen molar-refractivity contribution in [2.45, 2.75) is 128 Å². The molecule has 5 aromatic rings. The summed E-state index contributed by atoms with van der Waals surface area (Å²) in [6.45, 7) is 9.30. The Morgan fingerprint density at radius 2 is 0.818 bits per heavy atom. The first-order valence-corrected chi connectivity index (χ1v) is 23.0. The average molecular weight is 745 g/mol. The predicted molar refractivity (Wildman–Crippen MR) is 235 cm³/mol. The van der Waals surface area contributed by atoms with Crippen LogP contribution < -0.4 is 5.30 Å². The molecule has 284 valence electrons. The highest BCUT2D eigenvalue weighted by molar-refractivity contribution is 7.67. The van der Waals surface area contributed by atoms with Crippen LogP contribution >= 0.6 is 7.92 Å². The Hall–Kier alpha value is -3.80. The molecule has 0 bridgehead atoms. The van der Waals surface area contributed by atoms with Crippen molar-refractivity contribution in [3.05, 3.63) is 171 Å².